The molecule has 1 aliphatic rings. The van der Waals surface area contributed by atoms with E-state index >= 15 is 0 Å². The van der Waals surface area contributed by atoms with Crippen LogP contribution in [0.25, 0.3) is 0 Å². The lowest BCUT2D eigenvalue weighted by atomic mass is 10.1. The number of benzene rings is 1. The predicted octanol–water partition coefficient (Wildman–Crippen LogP) is 3.48. The van der Waals surface area contributed by atoms with Crippen LogP contribution in [0.1, 0.15) is 36.8 Å². The van der Waals surface area contributed by atoms with Gasteiger partial charge in [-0.3, -0.25) is 4.79 Å². The van der Waals surface area contributed by atoms with E-state index in [-0.39, 0.29) is 17.6 Å². The molecule has 1 aliphatic heterocycles. The molecule has 1 unspecified atom stereocenters. The topological polar surface area (TPSA) is 41.1 Å². The molecule has 3 nitrogen and oxygen atoms in total. The first-order chi connectivity index (χ1) is 9.88. The van der Waals surface area contributed by atoms with Crippen molar-refractivity contribution in [3.63, 3.8) is 0 Å². The van der Waals surface area contributed by atoms with Crippen molar-refractivity contribution in [3.8, 4) is 0 Å². The van der Waals surface area contributed by atoms with E-state index in [1.165, 1.54) is 6.07 Å². The van der Waals surface area contributed by atoms with Crippen molar-refractivity contribution in [3.05, 3.63) is 29.3 Å². The maximum Gasteiger partial charge on any atom is 0.416 e. The van der Waals surface area contributed by atoms with Gasteiger partial charge >= 0.3 is 6.18 Å². The summed E-state index contributed by atoms with van der Waals surface area (Å²) < 4.78 is 38.2. The highest BCUT2D eigenvalue weighted by molar-refractivity contribution is 5.95. The van der Waals surface area contributed by atoms with Crippen LogP contribution in [0.3, 0.4) is 0 Å². The van der Waals surface area contributed by atoms with Crippen molar-refractivity contribution in [2.75, 3.05) is 11.9 Å². The Morgan fingerprint density at radius 1 is 1.29 bits per heavy atom. The van der Waals surface area contributed by atoms with Crippen LogP contribution in [0.15, 0.2) is 18.2 Å². The summed E-state index contributed by atoms with van der Waals surface area (Å²) in [6.07, 6.45) is -0.657. The Morgan fingerprint density at radius 3 is 2.76 bits per heavy atom. The second kappa shape index (κ2) is 6.47. The van der Waals surface area contributed by atoms with E-state index < -0.39 is 11.7 Å². The Bertz CT molecular complexity index is 506. The maximum absolute atomic E-state index is 12.7. The summed E-state index contributed by atoms with van der Waals surface area (Å²) in [6.45, 7) is 2.44. The summed E-state index contributed by atoms with van der Waals surface area (Å²) in [5.41, 5.74) is 0.0862. The third-order valence-electron chi connectivity index (χ3n) is 3.70. The standard InChI is InChI=1S/C15H19F3N2O/c1-10-6-7-11(15(16,17)18)9-13(10)20-14(21)12-5-3-2-4-8-19-12/h6-7,9,12,19H,2-5,8H2,1H3,(H,20,21). The van der Waals surface area contributed by atoms with Crippen molar-refractivity contribution >= 4 is 11.6 Å². The average Bonchev–Trinajstić information content (AvgIpc) is 2.68. The van der Waals surface area contributed by atoms with Crippen molar-refractivity contribution in [2.45, 2.75) is 44.8 Å². The molecule has 2 N–H and O–H groups in total. The van der Waals surface area contributed by atoms with E-state index in [4.69, 9.17) is 0 Å². The predicted molar refractivity (Wildman–Crippen MR) is 75.1 cm³/mol. The Kier molecular flexibility index (Phi) is 4.88. The van der Waals surface area contributed by atoms with Gasteiger partial charge in [-0.15, -0.1) is 0 Å². The Balaban J connectivity index is 2.12. The Hall–Kier alpha value is -1.56. The largest absolute Gasteiger partial charge is 0.416 e. The minimum atomic E-state index is -4.41. The summed E-state index contributed by atoms with van der Waals surface area (Å²) in [6, 6.07) is 3.05. The van der Waals surface area contributed by atoms with Crippen LogP contribution >= 0.6 is 0 Å². The van der Waals surface area contributed by atoms with Crippen LogP contribution < -0.4 is 10.6 Å². The van der Waals surface area contributed by atoms with Gasteiger partial charge in [-0.2, -0.15) is 13.2 Å². The normalized spacial score (nSPS) is 19.9. The van der Waals surface area contributed by atoms with Crippen molar-refractivity contribution in [1.29, 1.82) is 0 Å². The van der Waals surface area contributed by atoms with Gasteiger partial charge < -0.3 is 10.6 Å². The molecule has 0 saturated carbocycles. The molecular weight excluding hydrogens is 281 g/mol. The number of anilines is 1. The molecule has 1 saturated heterocycles. The van der Waals surface area contributed by atoms with E-state index in [1.807, 2.05) is 0 Å². The second-order valence-electron chi connectivity index (χ2n) is 5.37. The minimum Gasteiger partial charge on any atom is -0.324 e. The fourth-order valence-corrected chi connectivity index (χ4v) is 2.41. The number of halogens is 3. The van der Waals surface area contributed by atoms with Crippen LogP contribution in [0, 0.1) is 6.92 Å². The number of hydrogen-bond acceptors (Lipinski definition) is 2. The van der Waals surface area contributed by atoms with Crippen molar-refractivity contribution in [1.82, 2.24) is 5.32 Å². The zero-order chi connectivity index (χ0) is 15.5. The second-order valence-corrected chi connectivity index (χ2v) is 5.37. The van der Waals surface area contributed by atoms with E-state index in [1.54, 1.807) is 6.92 Å². The van der Waals surface area contributed by atoms with Gasteiger partial charge in [0, 0.05) is 5.69 Å². The number of carbonyl (C=O) groups excluding carboxylic acids is 1. The number of alkyl halides is 3. The number of rotatable bonds is 2. The van der Waals surface area contributed by atoms with Crippen molar-refractivity contribution in [2.24, 2.45) is 0 Å². The molecule has 1 aromatic rings. The number of carbonyl (C=O) groups is 1. The molecule has 6 heteroatoms. The Labute approximate surface area is 121 Å². The van der Waals surface area contributed by atoms with E-state index in [2.05, 4.69) is 10.6 Å². The molecule has 0 spiro atoms. The van der Waals surface area contributed by atoms with E-state index in [0.717, 1.165) is 37.9 Å². The first-order valence-electron chi connectivity index (χ1n) is 7.10. The monoisotopic (exact) mass is 300 g/mol. The number of nitrogens with one attached hydrogen (secondary N) is 2. The Morgan fingerprint density at radius 2 is 2.05 bits per heavy atom. The summed E-state index contributed by atoms with van der Waals surface area (Å²) >= 11 is 0. The molecule has 0 aromatic heterocycles. The number of aryl methyl sites for hydroxylation is 1. The quantitative estimate of drug-likeness (QED) is 0.878. The number of hydrogen-bond donors (Lipinski definition) is 2. The van der Waals surface area contributed by atoms with Gasteiger partial charge in [0.2, 0.25) is 5.91 Å². The van der Waals surface area contributed by atoms with Crippen LogP contribution in [0.2, 0.25) is 0 Å². The molecule has 116 valence electrons. The highest BCUT2D eigenvalue weighted by Crippen LogP contribution is 2.32. The van der Waals surface area contributed by atoms with Gasteiger partial charge in [0.25, 0.3) is 0 Å². The smallest absolute Gasteiger partial charge is 0.324 e. The van der Waals surface area contributed by atoms with E-state index in [9.17, 15) is 18.0 Å². The van der Waals surface area contributed by atoms with E-state index in [0.29, 0.717) is 12.0 Å². The lowest BCUT2D eigenvalue weighted by Crippen LogP contribution is -2.40. The van der Waals surface area contributed by atoms with Crippen LogP contribution in [-0.4, -0.2) is 18.5 Å². The molecule has 1 heterocycles. The molecule has 0 aliphatic carbocycles. The van der Waals surface area contributed by atoms with Gasteiger partial charge in [0.1, 0.15) is 0 Å². The van der Waals surface area contributed by atoms with Crippen LogP contribution in [0.4, 0.5) is 18.9 Å². The third kappa shape index (κ3) is 4.20. The lowest BCUT2D eigenvalue weighted by Gasteiger charge is -2.17. The van der Waals surface area contributed by atoms with Gasteiger partial charge in [-0.05, 0) is 44.0 Å². The SMILES string of the molecule is Cc1ccc(C(F)(F)F)cc1NC(=O)C1CCCCCN1. The van der Waals surface area contributed by atoms with Crippen LogP contribution in [-0.2, 0) is 11.0 Å². The van der Waals surface area contributed by atoms with Gasteiger partial charge in [-0.25, -0.2) is 0 Å². The summed E-state index contributed by atoms with van der Waals surface area (Å²) in [7, 11) is 0. The first-order valence-corrected chi connectivity index (χ1v) is 7.10. The maximum atomic E-state index is 12.7. The molecule has 1 atom stereocenters. The molecular formula is C15H19F3N2O. The minimum absolute atomic E-state index is 0.223. The molecule has 2 rings (SSSR count). The van der Waals surface area contributed by atoms with Gasteiger partial charge in [-0.1, -0.05) is 18.9 Å². The molecule has 0 radical (unpaired) electrons. The summed E-state index contributed by atoms with van der Waals surface area (Å²) in [5, 5.41) is 5.75. The summed E-state index contributed by atoms with van der Waals surface area (Å²) in [5.74, 6) is -0.265. The zero-order valence-corrected chi connectivity index (χ0v) is 11.9. The van der Waals surface area contributed by atoms with Gasteiger partial charge in [0.15, 0.2) is 0 Å². The van der Waals surface area contributed by atoms with Gasteiger partial charge in [0.05, 0.1) is 11.6 Å². The molecule has 1 amide bonds. The fraction of sp³-hybridized carbons (Fsp3) is 0.533. The molecule has 21 heavy (non-hydrogen) atoms. The molecule has 1 aromatic carbocycles. The third-order valence-corrected chi connectivity index (χ3v) is 3.70. The lowest BCUT2D eigenvalue weighted by molar-refractivity contribution is -0.137. The summed E-state index contributed by atoms with van der Waals surface area (Å²) in [4.78, 5) is 12.2. The van der Waals surface area contributed by atoms with Crippen LogP contribution in [0.5, 0.6) is 0 Å². The highest BCUT2D eigenvalue weighted by atomic mass is 19.4. The fourth-order valence-electron chi connectivity index (χ4n) is 2.41. The first kappa shape index (κ1) is 15.8. The zero-order valence-electron chi connectivity index (χ0n) is 11.9. The molecule has 0 bridgehead atoms. The highest BCUT2D eigenvalue weighted by Gasteiger charge is 2.31. The number of amides is 1. The molecule has 1 fully saturated rings. The average molecular weight is 300 g/mol. The van der Waals surface area contributed by atoms with Crippen molar-refractivity contribution < 1.29 is 18.0 Å².